The number of hydroxylamine groups is 1. The van der Waals surface area contributed by atoms with Crippen LogP contribution in [0.4, 0.5) is 0 Å². The molecule has 0 aliphatic heterocycles. The molecule has 1 saturated carbocycles. The topological polar surface area (TPSA) is 38.3 Å². The maximum atomic E-state index is 10.5. The Balaban J connectivity index is 2.13. The molecule has 0 atom stereocenters. The van der Waals surface area contributed by atoms with Gasteiger partial charge < -0.3 is 0 Å². The lowest BCUT2D eigenvalue weighted by Crippen LogP contribution is -2.22. The Morgan fingerprint density at radius 1 is 1.75 bits per heavy atom. The van der Waals surface area contributed by atoms with E-state index >= 15 is 0 Å². The maximum Gasteiger partial charge on any atom is 0.250 e. The van der Waals surface area contributed by atoms with Gasteiger partial charge in [0.2, 0.25) is 0 Å². The molecule has 45 valence electrons. The number of hydrogen-bond donors (Lipinski definition) is 1. The second kappa shape index (κ2) is 2.13. The first-order chi connectivity index (χ1) is 3.84. The van der Waals surface area contributed by atoms with Crippen molar-refractivity contribution < 1.29 is 9.63 Å². The van der Waals surface area contributed by atoms with Crippen LogP contribution < -0.4 is 5.48 Å². The molecule has 1 fully saturated rings. The van der Waals surface area contributed by atoms with Gasteiger partial charge in [0.05, 0.1) is 13.0 Å². The first-order valence-corrected chi connectivity index (χ1v) is 2.52. The Morgan fingerprint density at radius 3 is 2.75 bits per heavy atom. The van der Waals surface area contributed by atoms with Gasteiger partial charge in [-0.05, 0) is 12.8 Å². The fourth-order valence-corrected chi connectivity index (χ4v) is 0.454. The SMILES string of the molecule is CONC(=O)[C]1CC1. The molecule has 1 N–H and O–H groups in total. The molecule has 0 aromatic carbocycles. The molecule has 0 aromatic rings. The predicted molar refractivity (Wildman–Crippen MR) is 27.6 cm³/mol. The van der Waals surface area contributed by atoms with Gasteiger partial charge >= 0.3 is 0 Å². The van der Waals surface area contributed by atoms with E-state index in [9.17, 15) is 4.79 Å². The van der Waals surface area contributed by atoms with Crippen LogP contribution in [-0.4, -0.2) is 13.0 Å². The lowest BCUT2D eigenvalue weighted by atomic mass is 10.4. The highest BCUT2D eigenvalue weighted by Gasteiger charge is 2.30. The van der Waals surface area contributed by atoms with Gasteiger partial charge in [-0.15, -0.1) is 0 Å². The molecule has 8 heavy (non-hydrogen) atoms. The molecule has 1 radical (unpaired) electrons. The van der Waals surface area contributed by atoms with Crippen LogP contribution in [0.2, 0.25) is 0 Å². The number of rotatable bonds is 2. The van der Waals surface area contributed by atoms with E-state index in [1.165, 1.54) is 7.11 Å². The zero-order valence-corrected chi connectivity index (χ0v) is 4.73. The summed E-state index contributed by atoms with van der Waals surface area (Å²) in [4.78, 5) is 14.9. The molecular weight excluding hydrogens is 106 g/mol. The molecule has 0 bridgehead atoms. The van der Waals surface area contributed by atoms with E-state index in [0.29, 0.717) is 0 Å². The average Bonchev–Trinajstić information content (AvgIpc) is 2.45. The largest absolute Gasteiger partial charge is 0.277 e. The Hall–Kier alpha value is -0.570. The molecular formula is C5H8NO2. The van der Waals surface area contributed by atoms with E-state index in [1.54, 1.807) is 0 Å². The van der Waals surface area contributed by atoms with Crippen molar-refractivity contribution in [2.75, 3.05) is 7.11 Å². The van der Waals surface area contributed by atoms with Crippen molar-refractivity contribution >= 4 is 5.91 Å². The summed E-state index contributed by atoms with van der Waals surface area (Å²) < 4.78 is 0. The summed E-state index contributed by atoms with van der Waals surface area (Å²) in [5.41, 5.74) is 2.23. The summed E-state index contributed by atoms with van der Waals surface area (Å²) in [7, 11) is 1.43. The summed E-state index contributed by atoms with van der Waals surface area (Å²) in [6.45, 7) is 0. The van der Waals surface area contributed by atoms with E-state index in [0.717, 1.165) is 18.8 Å². The van der Waals surface area contributed by atoms with Crippen molar-refractivity contribution in [3.8, 4) is 0 Å². The van der Waals surface area contributed by atoms with E-state index in [2.05, 4.69) is 10.3 Å². The van der Waals surface area contributed by atoms with Crippen LogP contribution in [0.3, 0.4) is 0 Å². The van der Waals surface area contributed by atoms with Crippen LogP contribution in [0.25, 0.3) is 0 Å². The van der Waals surface area contributed by atoms with Crippen molar-refractivity contribution in [1.82, 2.24) is 5.48 Å². The number of hydrogen-bond acceptors (Lipinski definition) is 2. The van der Waals surface area contributed by atoms with Crippen molar-refractivity contribution in [1.29, 1.82) is 0 Å². The molecule has 3 heteroatoms. The molecule has 0 spiro atoms. The normalized spacial score (nSPS) is 18.1. The third-order valence-corrected chi connectivity index (χ3v) is 1.02. The minimum atomic E-state index is -0.0625. The predicted octanol–water partition coefficient (Wildman–Crippen LogP) is 0.0323. The maximum absolute atomic E-state index is 10.5. The molecule has 0 unspecified atom stereocenters. The van der Waals surface area contributed by atoms with E-state index in [4.69, 9.17) is 0 Å². The van der Waals surface area contributed by atoms with Crippen LogP contribution in [-0.2, 0) is 9.63 Å². The third kappa shape index (κ3) is 1.20. The molecule has 3 nitrogen and oxygen atoms in total. The average molecular weight is 114 g/mol. The minimum absolute atomic E-state index is 0.0625. The summed E-state index contributed by atoms with van der Waals surface area (Å²) in [6, 6.07) is 0. The van der Waals surface area contributed by atoms with E-state index in [1.807, 2.05) is 0 Å². The summed E-state index contributed by atoms with van der Waals surface area (Å²) in [5, 5.41) is 0. The van der Waals surface area contributed by atoms with Crippen molar-refractivity contribution in [2.45, 2.75) is 12.8 Å². The van der Waals surface area contributed by atoms with Crippen molar-refractivity contribution in [3.05, 3.63) is 5.92 Å². The Morgan fingerprint density at radius 2 is 2.38 bits per heavy atom. The van der Waals surface area contributed by atoms with Gasteiger partial charge in [-0.1, -0.05) is 0 Å². The highest BCUT2D eigenvalue weighted by Crippen LogP contribution is 2.31. The highest BCUT2D eigenvalue weighted by molar-refractivity contribution is 5.92. The Labute approximate surface area is 48.0 Å². The third-order valence-electron chi connectivity index (χ3n) is 1.02. The second-order valence-electron chi connectivity index (χ2n) is 1.74. The Kier molecular flexibility index (Phi) is 1.48. The Bertz CT molecular complexity index is 98.6. The van der Waals surface area contributed by atoms with Crippen LogP contribution in [0, 0.1) is 5.92 Å². The molecule has 1 aliphatic carbocycles. The van der Waals surface area contributed by atoms with Gasteiger partial charge in [0.1, 0.15) is 0 Å². The molecule has 1 amide bonds. The first kappa shape index (κ1) is 5.56. The van der Waals surface area contributed by atoms with Gasteiger partial charge in [0.15, 0.2) is 0 Å². The van der Waals surface area contributed by atoms with Crippen LogP contribution in [0.5, 0.6) is 0 Å². The zero-order chi connectivity index (χ0) is 5.98. The molecule has 0 saturated heterocycles. The van der Waals surface area contributed by atoms with Crippen molar-refractivity contribution in [2.24, 2.45) is 0 Å². The first-order valence-electron chi connectivity index (χ1n) is 2.52. The standard InChI is InChI=1S/C5H8NO2/c1-8-6-5(7)4-2-3-4/h2-3H2,1H3,(H,6,7). The fraction of sp³-hybridized carbons (Fsp3) is 0.600. The zero-order valence-electron chi connectivity index (χ0n) is 4.73. The highest BCUT2D eigenvalue weighted by atomic mass is 16.6. The van der Waals surface area contributed by atoms with Crippen LogP contribution in [0.1, 0.15) is 12.8 Å². The summed E-state index contributed by atoms with van der Waals surface area (Å²) in [5.74, 6) is 0.874. The van der Waals surface area contributed by atoms with Gasteiger partial charge in [-0.25, -0.2) is 5.48 Å². The number of amides is 1. The van der Waals surface area contributed by atoms with Crippen molar-refractivity contribution in [3.63, 3.8) is 0 Å². The molecule has 0 heterocycles. The molecule has 1 aliphatic rings. The quantitative estimate of drug-likeness (QED) is 0.514. The van der Waals surface area contributed by atoms with Gasteiger partial charge in [-0.3, -0.25) is 9.63 Å². The van der Waals surface area contributed by atoms with E-state index < -0.39 is 0 Å². The van der Waals surface area contributed by atoms with Crippen LogP contribution in [0.15, 0.2) is 0 Å². The summed E-state index contributed by atoms with van der Waals surface area (Å²) >= 11 is 0. The van der Waals surface area contributed by atoms with Gasteiger partial charge in [-0.2, -0.15) is 0 Å². The number of carbonyl (C=O) groups excluding carboxylic acids is 1. The smallest absolute Gasteiger partial charge is 0.250 e. The number of carbonyl (C=O) groups is 1. The second-order valence-corrected chi connectivity index (χ2v) is 1.74. The number of nitrogens with one attached hydrogen (secondary N) is 1. The molecule has 0 aromatic heterocycles. The van der Waals surface area contributed by atoms with E-state index in [-0.39, 0.29) is 5.91 Å². The molecule has 1 rings (SSSR count). The fourth-order valence-electron chi connectivity index (χ4n) is 0.454. The lowest BCUT2D eigenvalue weighted by molar-refractivity contribution is -0.128. The van der Waals surface area contributed by atoms with Gasteiger partial charge in [0, 0.05) is 0 Å². The van der Waals surface area contributed by atoms with Gasteiger partial charge in [0.25, 0.3) is 5.91 Å². The van der Waals surface area contributed by atoms with Crippen LogP contribution >= 0.6 is 0 Å². The minimum Gasteiger partial charge on any atom is -0.277 e. The summed E-state index contributed by atoms with van der Waals surface area (Å²) in [6.07, 6.45) is 1.88. The monoisotopic (exact) mass is 114 g/mol. The lowest BCUT2D eigenvalue weighted by Gasteiger charge is -1.95.